The van der Waals surface area contributed by atoms with Gasteiger partial charge in [-0.15, -0.1) is 0 Å². The molecule has 2 aliphatic carbocycles. The molecule has 0 aliphatic heterocycles. The Labute approximate surface area is 75.2 Å². The van der Waals surface area contributed by atoms with Gasteiger partial charge in [-0.05, 0) is 36.5 Å². The summed E-state index contributed by atoms with van der Waals surface area (Å²) in [5, 5.41) is 9.95. The van der Waals surface area contributed by atoms with Crippen LogP contribution in [0, 0.1) is 23.7 Å². The van der Waals surface area contributed by atoms with Gasteiger partial charge < -0.3 is 5.11 Å². The first-order valence-electron chi connectivity index (χ1n) is 5.38. The molecule has 0 heterocycles. The maximum atomic E-state index is 9.95. The molecule has 4 atom stereocenters. The van der Waals surface area contributed by atoms with Crippen molar-refractivity contribution < 1.29 is 5.11 Å². The summed E-state index contributed by atoms with van der Waals surface area (Å²) in [6, 6.07) is 0. The van der Waals surface area contributed by atoms with Gasteiger partial charge in [0.2, 0.25) is 0 Å². The van der Waals surface area contributed by atoms with Crippen LogP contribution < -0.4 is 0 Å². The molecule has 1 nitrogen and oxygen atoms in total. The number of fused-ring (bicyclic) bond motifs is 1. The standard InChI is InChI=1S/C11H20O/c1-7(2)11(12)9-5-3-4-8-6-10(8)9/h7-12H,3-6H2,1-2H3. The zero-order chi connectivity index (χ0) is 8.72. The van der Waals surface area contributed by atoms with E-state index in [2.05, 4.69) is 13.8 Å². The normalized spacial score (nSPS) is 42.5. The highest BCUT2D eigenvalue weighted by molar-refractivity contribution is 4.97. The van der Waals surface area contributed by atoms with Crippen LogP contribution in [-0.2, 0) is 0 Å². The lowest BCUT2D eigenvalue weighted by atomic mass is 9.81. The van der Waals surface area contributed by atoms with Gasteiger partial charge in [0, 0.05) is 0 Å². The highest BCUT2D eigenvalue weighted by atomic mass is 16.3. The monoisotopic (exact) mass is 168 g/mol. The molecule has 0 aromatic heterocycles. The van der Waals surface area contributed by atoms with Crippen molar-refractivity contribution in [3.63, 3.8) is 0 Å². The molecule has 12 heavy (non-hydrogen) atoms. The van der Waals surface area contributed by atoms with Gasteiger partial charge in [0.1, 0.15) is 0 Å². The molecule has 2 rings (SSSR count). The van der Waals surface area contributed by atoms with Gasteiger partial charge >= 0.3 is 0 Å². The van der Waals surface area contributed by atoms with Gasteiger partial charge in [-0.1, -0.05) is 26.7 Å². The molecule has 0 aromatic rings. The summed E-state index contributed by atoms with van der Waals surface area (Å²) >= 11 is 0. The van der Waals surface area contributed by atoms with Gasteiger partial charge in [0.15, 0.2) is 0 Å². The third-order valence-corrected chi connectivity index (χ3v) is 3.76. The molecule has 0 bridgehead atoms. The van der Waals surface area contributed by atoms with Crippen LogP contribution in [0.2, 0.25) is 0 Å². The molecule has 0 aromatic carbocycles. The largest absolute Gasteiger partial charge is 0.393 e. The van der Waals surface area contributed by atoms with E-state index in [0.717, 1.165) is 11.8 Å². The molecular weight excluding hydrogens is 148 g/mol. The SMILES string of the molecule is CC(C)C(O)C1CCCC2CC21. The van der Waals surface area contributed by atoms with Crippen molar-refractivity contribution in [2.75, 3.05) is 0 Å². The molecule has 0 spiro atoms. The van der Waals surface area contributed by atoms with Gasteiger partial charge in [0.05, 0.1) is 6.10 Å². The van der Waals surface area contributed by atoms with Crippen LogP contribution in [-0.4, -0.2) is 11.2 Å². The lowest BCUT2D eigenvalue weighted by Gasteiger charge is -2.28. The van der Waals surface area contributed by atoms with E-state index >= 15 is 0 Å². The lowest BCUT2D eigenvalue weighted by molar-refractivity contribution is 0.0387. The Morgan fingerprint density at radius 1 is 1.25 bits per heavy atom. The fourth-order valence-electron chi connectivity index (χ4n) is 2.88. The van der Waals surface area contributed by atoms with E-state index < -0.39 is 0 Å². The minimum Gasteiger partial charge on any atom is -0.393 e. The van der Waals surface area contributed by atoms with Gasteiger partial charge in [-0.3, -0.25) is 0 Å². The molecule has 2 fully saturated rings. The van der Waals surface area contributed by atoms with Crippen LogP contribution in [0.4, 0.5) is 0 Å². The van der Waals surface area contributed by atoms with Crippen LogP contribution in [0.25, 0.3) is 0 Å². The van der Waals surface area contributed by atoms with E-state index in [9.17, 15) is 5.11 Å². The molecule has 0 radical (unpaired) electrons. The number of aliphatic hydroxyl groups excluding tert-OH is 1. The molecule has 70 valence electrons. The van der Waals surface area contributed by atoms with Crippen molar-refractivity contribution in [3.8, 4) is 0 Å². The summed E-state index contributed by atoms with van der Waals surface area (Å²) in [6.07, 6.45) is 5.46. The Morgan fingerprint density at radius 2 is 2.00 bits per heavy atom. The summed E-state index contributed by atoms with van der Waals surface area (Å²) in [7, 11) is 0. The molecule has 0 amide bonds. The van der Waals surface area contributed by atoms with Crippen molar-refractivity contribution in [1.82, 2.24) is 0 Å². The maximum absolute atomic E-state index is 9.95. The van der Waals surface area contributed by atoms with E-state index in [4.69, 9.17) is 0 Å². The first-order valence-corrected chi connectivity index (χ1v) is 5.38. The number of rotatable bonds is 2. The predicted octanol–water partition coefficient (Wildman–Crippen LogP) is 2.44. The zero-order valence-corrected chi connectivity index (χ0v) is 8.16. The van der Waals surface area contributed by atoms with E-state index in [0.29, 0.717) is 11.8 Å². The molecule has 2 saturated carbocycles. The summed E-state index contributed by atoms with van der Waals surface area (Å²) in [6.45, 7) is 4.27. The second kappa shape index (κ2) is 3.02. The summed E-state index contributed by atoms with van der Waals surface area (Å²) in [5.41, 5.74) is 0. The average molecular weight is 168 g/mol. The Morgan fingerprint density at radius 3 is 2.67 bits per heavy atom. The minimum absolute atomic E-state index is 0.0275. The van der Waals surface area contributed by atoms with E-state index in [1.165, 1.54) is 25.7 Å². The van der Waals surface area contributed by atoms with Gasteiger partial charge in [-0.25, -0.2) is 0 Å². The summed E-state index contributed by atoms with van der Waals surface area (Å²) < 4.78 is 0. The second-order valence-corrected chi connectivity index (χ2v) is 4.99. The van der Waals surface area contributed by atoms with E-state index in [1.807, 2.05) is 0 Å². The van der Waals surface area contributed by atoms with Gasteiger partial charge in [-0.2, -0.15) is 0 Å². The molecular formula is C11H20O. The third-order valence-electron chi connectivity index (χ3n) is 3.76. The van der Waals surface area contributed by atoms with Crippen LogP contribution >= 0.6 is 0 Å². The molecule has 4 unspecified atom stereocenters. The Kier molecular flexibility index (Phi) is 2.16. The first kappa shape index (κ1) is 8.55. The highest BCUT2D eigenvalue weighted by Gasteiger charge is 2.47. The molecule has 1 N–H and O–H groups in total. The smallest absolute Gasteiger partial charge is 0.0594 e. The molecule has 0 saturated heterocycles. The summed E-state index contributed by atoms with van der Waals surface area (Å²) in [5.74, 6) is 2.99. The first-order chi connectivity index (χ1) is 5.70. The fourth-order valence-corrected chi connectivity index (χ4v) is 2.88. The number of aliphatic hydroxyl groups is 1. The van der Waals surface area contributed by atoms with Crippen molar-refractivity contribution in [2.24, 2.45) is 23.7 Å². The van der Waals surface area contributed by atoms with Crippen molar-refractivity contribution in [1.29, 1.82) is 0 Å². The average Bonchev–Trinajstić information content (AvgIpc) is 2.80. The highest BCUT2D eigenvalue weighted by Crippen LogP contribution is 2.54. The second-order valence-electron chi connectivity index (χ2n) is 4.99. The minimum atomic E-state index is -0.0275. The van der Waals surface area contributed by atoms with Crippen molar-refractivity contribution in [3.05, 3.63) is 0 Å². The zero-order valence-electron chi connectivity index (χ0n) is 8.16. The molecule has 2 aliphatic rings. The number of hydrogen-bond donors (Lipinski definition) is 1. The number of hydrogen-bond acceptors (Lipinski definition) is 1. The Balaban J connectivity index is 1.94. The van der Waals surface area contributed by atoms with Gasteiger partial charge in [0.25, 0.3) is 0 Å². The third kappa shape index (κ3) is 1.39. The van der Waals surface area contributed by atoms with Crippen LogP contribution in [0.5, 0.6) is 0 Å². The van der Waals surface area contributed by atoms with E-state index in [1.54, 1.807) is 0 Å². The van der Waals surface area contributed by atoms with Crippen molar-refractivity contribution >= 4 is 0 Å². The van der Waals surface area contributed by atoms with Crippen LogP contribution in [0.1, 0.15) is 39.5 Å². The summed E-state index contributed by atoms with van der Waals surface area (Å²) in [4.78, 5) is 0. The Hall–Kier alpha value is -0.0400. The molecule has 1 heteroatoms. The lowest BCUT2D eigenvalue weighted by Crippen LogP contribution is -2.29. The van der Waals surface area contributed by atoms with Crippen LogP contribution in [0.3, 0.4) is 0 Å². The quantitative estimate of drug-likeness (QED) is 0.671. The van der Waals surface area contributed by atoms with E-state index in [-0.39, 0.29) is 6.10 Å². The topological polar surface area (TPSA) is 20.2 Å². The fraction of sp³-hybridized carbons (Fsp3) is 1.00. The predicted molar refractivity (Wildman–Crippen MR) is 49.8 cm³/mol. The van der Waals surface area contributed by atoms with Crippen molar-refractivity contribution in [2.45, 2.75) is 45.6 Å². The Bertz CT molecular complexity index is 164. The maximum Gasteiger partial charge on any atom is 0.0594 e. The van der Waals surface area contributed by atoms with Crippen LogP contribution in [0.15, 0.2) is 0 Å².